The number of aliphatic imine (C=N–C) groups is 1. The molecule has 3 rings (SSSR count). The first-order valence-corrected chi connectivity index (χ1v) is 7.53. The van der Waals surface area contributed by atoms with E-state index in [-0.39, 0.29) is 5.91 Å². The van der Waals surface area contributed by atoms with Crippen molar-refractivity contribution in [2.45, 2.75) is 19.6 Å². The van der Waals surface area contributed by atoms with Crippen molar-refractivity contribution in [3.8, 4) is 0 Å². The Morgan fingerprint density at radius 3 is 2.32 bits per heavy atom. The first-order valence-electron chi connectivity index (χ1n) is 5.49. The van der Waals surface area contributed by atoms with Crippen LogP contribution in [0.5, 0.6) is 0 Å². The third-order valence-corrected chi connectivity index (χ3v) is 5.26. The number of hydrogen-bond acceptors (Lipinski definition) is 4. The van der Waals surface area contributed by atoms with Crippen molar-refractivity contribution >= 4 is 46.8 Å². The summed E-state index contributed by atoms with van der Waals surface area (Å²) < 4.78 is 0. The predicted octanol–water partition coefficient (Wildman–Crippen LogP) is 4.55. The lowest BCUT2D eigenvalue weighted by Gasteiger charge is -2.18. The molecule has 1 aliphatic rings. The second-order valence-electron chi connectivity index (χ2n) is 3.82. The molecule has 2 aromatic carbocycles. The summed E-state index contributed by atoms with van der Waals surface area (Å²) in [5, 5.41) is 2.11. The van der Waals surface area contributed by atoms with Crippen molar-refractivity contribution in [3.63, 3.8) is 0 Å². The van der Waals surface area contributed by atoms with Gasteiger partial charge in [-0.1, -0.05) is 35.7 Å². The van der Waals surface area contributed by atoms with Crippen molar-refractivity contribution in [1.82, 2.24) is 0 Å². The number of nitrogens with zero attached hydrogens (tertiary/aromatic N) is 1. The third kappa shape index (κ3) is 2.51. The van der Waals surface area contributed by atoms with Crippen molar-refractivity contribution in [2.75, 3.05) is 0 Å². The van der Waals surface area contributed by atoms with E-state index in [0.717, 1.165) is 9.79 Å². The largest absolute Gasteiger partial charge is 0.285 e. The molecule has 0 aliphatic carbocycles. The van der Waals surface area contributed by atoms with E-state index in [2.05, 4.69) is 34.5 Å². The zero-order valence-corrected chi connectivity index (χ0v) is 12.1. The Morgan fingerprint density at radius 2 is 1.63 bits per heavy atom. The van der Waals surface area contributed by atoms with Crippen molar-refractivity contribution in [3.05, 3.63) is 48.0 Å². The SMILES string of the molecule is O=C(N=C=S)c1ccc2c(c1)Sc1ccccc1S2. The van der Waals surface area contributed by atoms with E-state index in [1.807, 2.05) is 24.3 Å². The summed E-state index contributed by atoms with van der Waals surface area (Å²) in [5.74, 6) is -0.345. The number of isothiocyanates is 1. The van der Waals surface area contributed by atoms with Crippen LogP contribution in [0.3, 0.4) is 0 Å². The van der Waals surface area contributed by atoms with E-state index < -0.39 is 0 Å². The lowest BCUT2D eigenvalue weighted by Crippen LogP contribution is -1.96. The summed E-state index contributed by atoms with van der Waals surface area (Å²) in [6, 6.07) is 13.8. The van der Waals surface area contributed by atoms with Gasteiger partial charge >= 0.3 is 0 Å². The number of carbonyl (C=O) groups excluding carboxylic acids is 1. The average Bonchev–Trinajstić information content (AvgIpc) is 2.44. The van der Waals surface area contributed by atoms with Crippen LogP contribution in [-0.4, -0.2) is 11.1 Å². The van der Waals surface area contributed by atoms with Crippen molar-refractivity contribution < 1.29 is 4.79 Å². The highest BCUT2D eigenvalue weighted by atomic mass is 32.2. The highest BCUT2D eigenvalue weighted by molar-refractivity contribution is 8.05. The third-order valence-electron chi connectivity index (χ3n) is 2.63. The van der Waals surface area contributed by atoms with Gasteiger partial charge in [0.15, 0.2) is 0 Å². The first kappa shape index (κ1) is 12.6. The van der Waals surface area contributed by atoms with Gasteiger partial charge in [0, 0.05) is 25.1 Å². The van der Waals surface area contributed by atoms with Crippen molar-refractivity contribution in [1.29, 1.82) is 0 Å². The summed E-state index contributed by atoms with van der Waals surface area (Å²) in [6.45, 7) is 0. The van der Waals surface area contributed by atoms with Gasteiger partial charge < -0.3 is 0 Å². The monoisotopic (exact) mass is 301 g/mol. The lowest BCUT2D eigenvalue weighted by atomic mass is 10.2. The fraction of sp³-hybridized carbons (Fsp3) is 0. The van der Waals surface area contributed by atoms with Crippen LogP contribution in [-0.2, 0) is 0 Å². The molecule has 2 aromatic rings. The first-order chi connectivity index (χ1) is 9.28. The second kappa shape index (κ2) is 5.31. The van der Waals surface area contributed by atoms with Gasteiger partial charge in [0.05, 0.1) is 5.16 Å². The predicted molar refractivity (Wildman–Crippen MR) is 80.5 cm³/mol. The molecule has 0 saturated heterocycles. The Labute approximate surface area is 124 Å². The summed E-state index contributed by atoms with van der Waals surface area (Å²) in [4.78, 5) is 19.9. The molecule has 0 atom stereocenters. The average molecular weight is 301 g/mol. The van der Waals surface area contributed by atoms with Crippen LogP contribution in [0.4, 0.5) is 0 Å². The molecule has 1 amide bonds. The Balaban J connectivity index is 2.00. The van der Waals surface area contributed by atoms with Crippen molar-refractivity contribution in [2.24, 2.45) is 4.99 Å². The van der Waals surface area contributed by atoms with E-state index in [1.165, 1.54) is 9.79 Å². The molecular weight excluding hydrogens is 294 g/mol. The maximum atomic E-state index is 11.7. The molecule has 0 fully saturated rings. The number of carbonyl (C=O) groups is 1. The number of hydrogen-bond donors (Lipinski definition) is 0. The summed E-state index contributed by atoms with van der Waals surface area (Å²) in [6.07, 6.45) is 0. The van der Waals surface area contributed by atoms with Crippen LogP contribution in [0, 0.1) is 0 Å². The molecule has 92 valence electrons. The highest BCUT2D eigenvalue weighted by Gasteiger charge is 2.17. The normalized spacial score (nSPS) is 12.0. The number of fused-ring (bicyclic) bond motifs is 2. The summed E-state index contributed by atoms with van der Waals surface area (Å²) in [7, 11) is 0. The number of benzene rings is 2. The van der Waals surface area contributed by atoms with Gasteiger partial charge in [0.1, 0.15) is 0 Å². The van der Waals surface area contributed by atoms with Gasteiger partial charge in [0.2, 0.25) is 0 Å². The molecule has 0 aromatic heterocycles. The standard InChI is InChI=1S/C14H7NOS3/c16-14(15-8-17)9-5-6-12-13(7-9)19-11-4-2-1-3-10(11)18-12/h1-7H. The van der Waals surface area contributed by atoms with Gasteiger partial charge in [-0.15, -0.1) is 0 Å². The molecule has 1 aliphatic heterocycles. The lowest BCUT2D eigenvalue weighted by molar-refractivity contribution is 0.100. The smallest absolute Gasteiger partial charge is 0.266 e. The topological polar surface area (TPSA) is 29.4 Å². The molecular formula is C14H7NOS3. The molecule has 2 nitrogen and oxygen atoms in total. The molecule has 0 bridgehead atoms. The van der Waals surface area contributed by atoms with Crippen LogP contribution in [0.2, 0.25) is 0 Å². The fourth-order valence-corrected chi connectivity index (χ4v) is 4.10. The van der Waals surface area contributed by atoms with Crippen LogP contribution in [0.25, 0.3) is 0 Å². The van der Waals surface area contributed by atoms with Gasteiger partial charge in [-0.3, -0.25) is 4.79 Å². The van der Waals surface area contributed by atoms with Gasteiger partial charge in [-0.2, -0.15) is 4.99 Å². The number of amides is 1. The zero-order valence-electron chi connectivity index (χ0n) is 9.62. The number of rotatable bonds is 1. The summed E-state index contributed by atoms with van der Waals surface area (Å²) in [5.41, 5.74) is 0.545. The Bertz CT molecular complexity index is 720. The number of thiocarbonyl (C=S) groups is 1. The van der Waals surface area contributed by atoms with Crippen LogP contribution in [0.1, 0.15) is 10.4 Å². The van der Waals surface area contributed by atoms with E-state index in [4.69, 9.17) is 0 Å². The fourth-order valence-electron chi connectivity index (χ4n) is 1.77. The van der Waals surface area contributed by atoms with Crippen LogP contribution >= 0.6 is 35.7 Å². The Kier molecular flexibility index (Phi) is 3.53. The molecule has 0 N–H and O–H groups in total. The van der Waals surface area contributed by atoms with E-state index >= 15 is 0 Å². The molecule has 0 saturated carbocycles. The van der Waals surface area contributed by atoms with Gasteiger partial charge in [-0.05, 0) is 42.5 Å². The second-order valence-corrected chi connectivity index (χ2v) is 6.17. The Morgan fingerprint density at radius 1 is 1.00 bits per heavy atom. The summed E-state index contributed by atoms with van der Waals surface area (Å²) >= 11 is 7.84. The molecule has 0 radical (unpaired) electrons. The van der Waals surface area contributed by atoms with Gasteiger partial charge in [0.25, 0.3) is 5.91 Å². The molecule has 0 unspecified atom stereocenters. The van der Waals surface area contributed by atoms with E-state index in [1.54, 1.807) is 29.6 Å². The van der Waals surface area contributed by atoms with E-state index in [9.17, 15) is 4.79 Å². The van der Waals surface area contributed by atoms with E-state index in [0.29, 0.717) is 5.56 Å². The highest BCUT2D eigenvalue weighted by Crippen LogP contribution is 2.48. The molecule has 1 heterocycles. The minimum atomic E-state index is -0.345. The molecule has 5 heteroatoms. The maximum Gasteiger partial charge on any atom is 0.285 e. The Hall–Kier alpha value is -1.39. The maximum absolute atomic E-state index is 11.7. The van der Waals surface area contributed by atoms with Crippen LogP contribution in [0.15, 0.2) is 67.0 Å². The molecule has 0 spiro atoms. The minimum Gasteiger partial charge on any atom is -0.266 e. The quantitative estimate of drug-likeness (QED) is 0.487. The van der Waals surface area contributed by atoms with Crippen LogP contribution < -0.4 is 0 Å². The molecule has 19 heavy (non-hydrogen) atoms. The van der Waals surface area contributed by atoms with Gasteiger partial charge in [-0.25, -0.2) is 0 Å². The zero-order chi connectivity index (χ0) is 13.2. The minimum absolute atomic E-state index is 0.345.